The smallest absolute Gasteiger partial charge is 0.0354 e. The molecule has 2 rings (SSSR count). The molecule has 0 aliphatic heterocycles. The van der Waals surface area contributed by atoms with Crippen molar-refractivity contribution in [2.45, 2.75) is 13.5 Å². The summed E-state index contributed by atoms with van der Waals surface area (Å²) in [6, 6.07) is 4.39. The molecule has 0 radical (unpaired) electrons. The molecule has 0 bridgehead atoms. The van der Waals surface area contributed by atoms with Crippen LogP contribution >= 0.6 is 22.7 Å². The van der Waals surface area contributed by atoms with E-state index < -0.39 is 0 Å². The molecule has 0 aliphatic rings. The molecule has 2 N–H and O–H groups in total. The minimum atomic E-state index is 0.639. The molecule has 1 nitrogen and oxygen atoms in total. The van der Waals surface area contributed by atoms with Gasteiger partial charge in [-0.1, -0.05) is 0 Å². The Labute approximate surface area is 85.8 Å². The van der Waals surface area contributed by atoms with E-state index in [2.05, 4.69) is 29.8 Å². The molecule has 2 heterocycles. The summed E-state index contributed by atoms with van der Waals surface area (Å²) >= 11 is 3.56. The van der Waals surface area contributed by atoms with Gasteiger partial charge in [-0.3, -0.25) is 0 Å². The van der Waals surface area contributed by atoms with Gasteiger partial charge in [-0.2, -0.15) is 0 Å². The zero-order chi connectivity index (χ0) is 9.26. The van der Waals surface area contributed by atoms with Crippen LogP contribution in [0.2, 0.25) is 0 Å². The van der Waals surface area contributed by atoms with Gasteiger partial charge in [-0.05, 0) is 35.4 Å². The highest BCUT2D eigenvalue weighted by atomic mass is 32.1. The second kappa shape index (κ2) is 3.62. The van der Waals surface area contributed by atoms with Crippen LogP contribution < -0.4 is 5.73 Å². The normalized spacial score (nSPS) is 10.6. The molecule has 0 atom stereocenters. The molecule has 2 aromatic rings. The molecule has 0 saturated carbocycles. The zero-order valence-electron chi connectivity index (χ0n) is 7.41. The highest BCUT2D eigenvalue weighted by Gasteiger charge is 2.02. The maximum absolute atomic E-state index is 5.56. The van der Waals surface area contributed by atoms with Crippen LogP contribution in [0.1, 0.15) is 10.4 Å². The van der Waals surface area contributed by atoms with Crippen molar-refractivity contribution in [3.63, 3.8) is 0 Å². The van der Waals surface area contributed by atoms with Gasteiger partial charge in [-0.25, -0.2) is 0 Å². The van der Waals surface area contributed by atoms with Crippen LogP contribution in [-0.2, 0) is 6.54 Å². The second-order valence-corrected chi connectivity index (χ2v) is 5.00. The molecule has 0 aliphatic carbocycles. The van der Waals surface area contributed by atoms with Crippen LogP contribution in [-0.4, -0.2) is 0 Å². The van der Waals surface area contributed by atoms with Crippen LogP contribution in [0.15, 0.2) is 22.9 Å². The lowest BCUT2D eigenvalue weighted by Crippen LogP contribution is -1.92. The van der Waals surface area contributed by atoms with Gasteiger partial charge in [0, 0.05) is 21.9 Å². The molecule has 68 valence electrons. The Bertz CT molecular complexity index is 400. The van der Waals surface area contributed by atoms with E-state index in [9.17, 15) is 0 Å². The van der Waals surface area contributed by atoms with Crippen LogP contribution in [0.4, 0.5) is 0 Å². The average Bonchev–Trinajstić information content (AvgIpc) is 2.71. The van der Waals surface area contributed by atoms with Crippen molar-refractivity contribution in [3.8, 4) is 10.4 Å². The van der Waals surface area contributed by atoms with Crippen molar-refractivity contribution in [2.24, 2.45) is 5.73 Å². The standard InChI is InChI=1S/C10H11NS2/c1-7-2-9(6-12-7)10-3-8(4-11)5-13-10/h2-3,5-6H,4,11H2,1H3. The lowest BCUT2D eigenvalue weighted by atomic mass is 10.2. The zero-order valence-corrected chi connectivity index (χ0v) is 9.04. The van der Waals surface area contributed by atoms with Crippen molar-refractivity contribution in [2.75, 3.05) is 0 Å². The lowest BCUT2D eigenvalue weighted by Gasteiger charge is -1.88. The van der Waals surface area contributed by atoms with Gasteiger partial charge in [0.2, 0.25) is 0 Å². The summed E-state index contributed by atoms with van der Waals surface area (Å²) < 4.78 is 0. The Morgan fingerprint density at radius 2 is 2.08 bits per heavy atom. The Morgan fingerprint density at radius 3 is 2.62 bits per heavy atom. The van der Waals surface area contributed by atoms with Crippen molar-refractivity contribution in [3.05, 3.63) is 33.3 Å². The summed E-state index contributed by atoms with van der Waals surface area (Å²) in [6.07, 6.45) is 0. The molecule has 0 unspecified atom stereocenters. The minimum absolute atomic E-state index is 0.639. The van der Waals surface area contributed by atoms with Gasteiger partial charge in [-0.15, -0.1) is 22.7 Å². The van der Waals surface area contributed by atoms with Gasteiger partial charge < -0.3 is 5.73 Å². The van der Waals surface area contributed by atoms with E-state index in [-0.39, 0.29) is 0 Å². The van der Waals surface area contributed by atoms with Crippen molar-refractivity contribution in [1.82, 2.24) is 0 Å². The fourth-order valence-electron chi connectivity index (χ4n) is 1.21. The first-order valence-corrected chi connectivity index (χ1v) is 5.88. The third kappa shape index (κ3) is 1.82. The topological polar surface area (TPSA) is 26.0 Å². The van der Waals surface area contributed by atoms with Gasteiger partial charge in [0.1, 0.15) is 0 Å². The van der Waals surface area contributed by atoms with Gasteiger partial charge >= 0.3 is 0 Å². The summed E-state index contributed by atoms with van der Waals surface area (Å²) in [5.74, 6) is 0. The molecular weight excluding hydrogens is 198 g/mol. The van der Waals surface area contributed by atoms with Gasteiger partial charge in [0.05, 0.1) is 0 Å². The Balaban J connectivity index is 2.35. The van der Waals surface area contributed by atoms with E-state index in [1.807, 2.05) is 0 Å². The van der Waals surface area contributed by atoms with Gasteiger partial charge in [0.15, 0.2) is 0 Å². The van der Waals surface area contributed by atoms with Crippen molar-refractivity contribution < 1.29 is 0 Å². The molecule has 3 heteroatoms. The third-order valence-corrected chi connectivity index (χ3v) is 3.79. The monoisotopic (exact) mass is 209 g/mol. The summed E-state index contributed by atoms with van der Waals surface area (Å²) in [5.41, 5.74) is 8.11. The summed E-state index contributed by atoms with van der Waals surface area (Å²) in [6.45, 7) is 2.77. The summed E-state index contributed by atoms with van der Waals surface area (Å²) in [7, 11) is 0. The van der Waals surface area contributed by atoms with Crippen LogP contribution in [0.25, 0.3) is 10.4 Å². The number of hydrogen-bond acceptors (Lipinski definition) is 3. The highest BCUT2D eigenvalue weighted by molar-refractivity contribution is 7.14. The first-order valence-electron chi connectivity index (χ1n) is 4.12. The van der Waals surface area contributed by atoms with Crippen LogP contribution in [0.5, 0.6) is 0 Å². The highest BCUT2D eigenvalue weighted by Crippen LogP contribution is 2.30. The number of hydrogen-bond donors (Lipinski definition) is 1. The van der Waals surface area contributed by atoms with E-state index in [0.29, 0.717) is 6.54 Å². The van der Waals surface area contributed by atoms with Crippen LogP contribution in [0, 0.1) is 6.92 Å². The number of aryl methyl sites for hydroxylation is 1. The fraction of sp³-hybridized carbons (Fsp3) is 0.200. The molecule has 0 saturated heterocycles. The Hall–Kier alpha value is -0.640. The Kier molecular flexibility index (Phi) is 2.49. The predicted molar refractivity (Wildman–Crippen MR) is 60.3 cm³/mol. The first-order chi connectivity index (χ1) is 6.29. The maximum Gasteiger partial charge on any atom is 0.0354 e. The average molecular weight is 209 g/mol. The molecule has 13 heavy (non-hydrogen) atoms. The van der Waals surface area contributed by atoms with Gasteiger partial charge in [0.25, 0.3) is 0 Å². The predicted octanol–water partition coefficient (Wildman–Crippen LogP) is 3.24. The molecule has 0 fully saturated rings. The molecule has 0 aromatic carbocycles. The SMILES string of the molecule is Cc1cc(-c2cc(CN)cs2)cs1. The third-order valence-electron chi connectivity index (χ3n) is 1.90. The molecule has 0 amide bonds. The van der Waals surface area contributed by atoms with E-state index in [0.717, 1.165) is 0 Å². The van der Waals surface area contributed by atoms with Crippen LogP contribution in [0.3, 0.4) is 0 Å². The molecule has 2 aromatic heterocycles. The lowest BCUT2D eigenvalue weighted by molar-refractivity contribution is 1.08. The van der Waals surface area contributed by atoms with E-state index in [4.69, 9.17) is 5.73 Å². The van der Waals surface area contributed by atoms with Crippen molar-refractivity contribution >= 4 is 22.7 Å². The number of nitrogens with two attached hydrogens (primary N) is 1. The van der Waals surface area contributed by atoms with E-state index >= 15 is 0 Å². The fourth-order valence-corrected chi connectivity index (χ4v) is 2.90. The minimum Gasteiger partial charge on any atom is -0.326 e. The van der Waals surface area contributed by atoms with Crippen molar-refractivity contribution in [1.29, 1.82) is 0 Å². The quantitative estimate of drug-likeness (QED) is 0.807. The first kappa shape index (κ1) is 8.94. The Morgan fingerprint density at radius 1 is 1.23 bits per heavy atom. The largest absolute Gasteiger partial charge is 0.326 e. The summed E-state index contributed by atoms with van der Waals surface area (Å²) in [4.78, 5) is 2.68. The molecule has 0 spiro atoms. The van der Waals surface area contributed by atoms with E-state index in [1.165, 1.54) is 20.9 Å². The maximum atomic E-state index is 5.56. The number of rotatable bonds is 2. The van der Waals surface area contributed by atoms with E-state index in [1.54, 1.807) is 22.7 Å². The molecular formula is C10H11NS2. The second-order valence-electron chi connectivity index (χ2n) is 2.97. The number of thiophene rings is 2. The summed E-state index contributed by atoms with van der Waals surface area (Å²) in [5, 5.41) is 4.32.